The molecule has 134 valence electrons. The van der Waals surface area contributed by atoms with Crippen molar-refractivity contribution in [3.05, 3.63) is 24.3 Å². The average Bonchev–Trinajstić information content (AvgIpc) is 2.79. The zero-order valence-electron chi connectivity index (χ0n) is 12.7. The molecule has 1 aromatic heterocycles. The summed E-state index contributed by atoms with van der Waals surface area (Å²) < 4.78 is 34.8. The highest BCUT2D eigenvalue weighted by Gasteiger charge is 2.48. The Hall–Kier alpha value is -2.64. The minimum Gasteiger partial charge on any atom is -0.310 e. The van der Waals surface area contributed by atoms with E-state index >= 15 is 0 Å². The van der Waals surface area contributed by atoms with Gasteiger partial charge in [0.05, 0.1) is 17.6 Å². The molecule has 2 bridgehead atoms. The van der Waals surface area contributed by atoms with Gasteiger partial charge >= 0.3 is 16.4 Å². The fourth-order valence-electron chi connectivity index (χ4n) is 2.83. The van der Waals surface area contributed by atoms with Crippen molar-refractivity contribution in [1.29, 1.82) is 5.41 Å². The number of hydrogen-bond donors (Lipinski definition) is 3. The normalized spacial score (nSPS) is 22.8. The van der Waals surface area contributed by atoms with Crippen molar-refractivity contribution in [3.8, 4) is 0 Å². The van der Waals surface area contributed by atoms with E-state index in [0.717, 1.165) is 0 Å². The predicted octanol–water partition coefficient (Wildman–Crippen LogP) is -0.813. The Bertz CT molecular complexity index is 815. The lowest BCUT2D eigenvalue weighted by atomic mass is 10.00. The van der Waals surface area contributed by atoms with Gasteiger partial charge in [-0.1, -0.05) is 0 Å². The van der Waals surface area contributed by atoms with Crippen LogP contribution in [0.25, 0.3) is 0 Å². The van der Waals surface area contributed by atoms with Crippen molar-refractivity contribution in [2.24, 2.45) is 0 Å². The summed E-state index contributed by atoms with van der Waals surface area (Å²) in [6.45, 7) is 0.117. The number of nitrogens with zero attached hydrogens (tertiary/aromatic N) is 4. The highest BCUT2D eigenvalue weighted by atomic mass is 32.3. The molecule has 25 heavy (non-hydrogen) atoms. The van der Waals surface area contributed by atoms with Gasteiger partial charge in [-0.3, -0.25) is 14.8 Å². The number of hydroxylamine groups is 2. The van der Waals surface area contributed by atoms with Crippen molar-refractivity contribution < 1.29 is 26.8 Å². The van der Waals surface area contributed by atoms with Gasteiger partial charge < -0.3 is 10.2 Å². The largest absolute Gasteiger partial charge is 0.418 e. The first-order valence-corrected chi connectivity index (χ1v) is 8.54. The van der Waals surface area contributed by atoms with Gasteiger partial charge in [-0.25, -0.2) is 14.8 Å². The van der Waals surface area contributed by atoms with Gasteiger partial charge in [0, 0.05) is 18.9 Å². The number of amides is 3. The Morgan fingerprint density at radius 1 is 1.36 bits per heavy atom. The molecule has 0 radical (unpaired) electrons. The van der Waals surface area contributed by atoms with Gasteiger partial charge in [0.1, 0.15) is 12.2 Å². The van der Waals surface area contributed by atoms with E-state index in [1.165, 1.54) is 23.6 Å². The summed E-state index contributed by atoms with van der Waals surface area (Å²) >= 11 is 0. The summed E-state index contributed by atoms with van der Waals surface area (Å²) in [6, 6.07) is -2.10. The molecule has 3 heterocycles. The highest BCUT2D eigenvalue weighted by Crippen LogP contribution is 2.30. The molecule has 0 unspecified atom stereocenters. The van der Waals surface area contributed by atoms with Gasteiger partial charge in [0.25, 0.3) is 5.91 Å². The summed E-state index contributed by atoms with van der Waals surface area (Å²) in [4.78, 5) is 32.9. The van der Waals surface area contributed by atoms with E-state index in [4.69, 9.17) is 9.96 Å². The Morgan fingerprint density at radius 3 is 2.68 bits per heavy atom. The van der Waals surface area contributed by atoms with E-state index in [9.17, 15) is 18.0 Å². The second kappa shape index (κ2) is 6.34. The lowest BCUT2D eigenvalue weighted by Gasteiger charge is -2.30. The molecule has 2 saturated heterocycles. The van der Waals surface area contributed by atoms with Gasteiger partial charge in [0.2, 0.25) is 0 Å². The third-order valence-corrected chi connectivity index (χ3v) is 4.25. The topological polar surface area (TPSA) is 166 Å². The maximum atomic E-state index is 12.3. The molecule has 2 aliphatic rings. The van der Waals surface area contributed by atoms with Crippen molar-refractivity contribution in [2.45, 2.75) is 24.9 Å². The Morgan fingerprint density at radius 2 is 2.04 bits per heavy atom. The molecular formula is C12H14N6O6S. The summed E-state index contributed by atoms with van der Waals surface area (Å²) in [7, 11) is -4.83. The van der Waals surface area contributed by atoms with E-state index in [-0.39, 0.29) is 17.9 Å². The molecule has 12 nitrogen and oxygen atoms in total. The number of carbonyl (C=O) groups excluding carboxylic acids is 2. The molecule has 0 spiro atoms. The van der Waals surface area contributed by atoms with Gasteiger partial charge in [-0.15, -0.1) is 4.28 Å². The molecule has 2 atom stereocenters. The van der Waals surface area contributed by atoms with Crippen LogP contribution in [0.15, 0.2) is 18.7 Å². The van der Waals surface area contributed by atoms with Crippen molar-refractivity contribution >= 4 is 28.2 Å². The maximum Gasteiger partial charge on any atom is 0.418 e. The molecule has 0 aromatic carbocycles. The lowest BCUT2D eigenvalue weighted by molar-refractivity contribution is -0.0316. The van der Waals surface area contributed by atoms with Crippen molar-refractivity contribution in [2.75, 3.05) is 6.54 Å². The number of fused-ring (bicyclic) bond motifs is 2. The first kappa shape index (κ1) is 17.2. The number of piperidine rings is 1. The number of carbonyl (C=O) groups is 2. The van der Waals surface area contributed by atoms with E-state index in [2.05, 4.69) is 19.6 Å². The van der Waals surface area contributed by atoms with E-state index < -0.39 is 34.4 Å². The Labute approximate surface area is 142 Å². The molecule has 1 aromatic rings. The zero-order valence-corrected chi connectivity index (χ0v) is 13.5. The average molecular weight is 370 g/mol. The first-order valence-electron chi connectivity index (χ1n) is 7.18. The van der Waals surface area contributed by atoms with Crippen LogP contribution in [0.3, 0.4) is 0 Å². The number of aromatic nitrogens is 2. The lowest BCUT2D eigenvalue weighted by Crippen LogP contribution is -2.50. The van der Waals surface area contributed by atoms with Crippen LogP contribution >= 0.6 is 0 Å². The minimum absolute atomic E-state index is 0.117. The molecule has 2 fully saturated rings. The van der Waals surface area contributed by atoms with E-state index in [1.807, 2.05) is 0 Å². The molecule has 3 amide bonds. The fourth-order valence-corrected chi connectivity index (χ4v) is 3.21. The van der Waals surface area contributed by atoms with Crippen LogP contribution in [0, 0.1) is 5.41 Å². The van der Waals surface area contributed by atoms with Crippen molar-refractivity contribution in [3.63, 3.8) is 0 Å². The zero-order chi connectivity index (χ0) is 18.2. The predicted molar refractivity (Wildman–Crippen MR) is 80.6 cm³/mol. The summed E-state index contributed by atoms with van der Waals surface area (Å²) in [6.07, 6.45) is 4.50. The van der Waals surface area contributed by atoms with Gasteiger partial charge in [0.15, 0.2) is 0 Å². The van der Waals surface area contributed by atoms with Crippen LogP contribution < -0.4 is 5.32 Å². The first-order chi connectivity index (χ1) is 11.8. The summed E-state index contributed by atoms with van der Waals surface area (Å²) in [5.74, 6) is -0.806. The van der Waals surface area contributed by atoms with Crippen LogP contribution in [0.1, 0.15) is 23.2 Å². The molecular weight excluding hydrogens is 356 g/mol. The fraction of sp³-hybridized carbons (Fsp3) is 0.417. The third kappa shape index (κ3) is 3.57. The maximum absolute atomic E-state index is 12.3. The standard InChI is InChI=1S/C12H14N6O6S/c13-10(16-11(19)7-3-14-6-15-4-7)9-2-1-8-5-17(9)12(20)18(8)24-25(21,22)23/h3-4,6,8-9H,1-2,5H2,(H2,13,16,19)(H,21,22,23)/t8-,9+/m1/s1. The second-order valence-electron chi connectivity index (χ2n) is 5.50. The molecule has 3 rings (SSSR count). The van der Waals surface area contributed by atoms with Crippen LogP contribution in [0.2, 0.25) is 0 Å². The van der Waals surface area contributed by atoms with Gasteiger partial charge in [-0.2, -0.15) is 13.5 Å². The van der Waals surface area contributed by atoms with Crippen LogP contribution in [-0.2, 0) is 14.7 Å². The molecule has 0 aliphatic carbocycles. The van der Waals surface area contributed by atoms with Gasteiger partial charge in [-0.05, 0) is 12.8 Å². The van der Waals surface area contributed by atoms with E-state index in [0.29, 0.717) is 17.9 Å². The minimum atomic E-state index is -4.83. The monoisotopic (exact) mass is 370 g/mol. The molecule has 13 heteroatoms. The number of nitrogens with one attached hydrogen (secondary N) is 2. The summed E-state index contributed by atoms with van der Waals surface area (Å²) in [5.41, 5.74) is 0.157. The second-order valence-corrected chi connectivity index (χ2v) is 6.51. The van der Waals surface area contributed by atoms with Crippen LogP contribution in [0.5, 0.6) is 0 Å². The number of hydrogen-bond acceptors (Lipinski definition) is 8. The molecule has 3 N–H and O–H groups in total. The number of rotatable bonds is 4. The Balaban J connectivity index is 1.69. The molecule has 2 aliphatic heterocycles. The quantitative estimate of drug-likeness (QED) is 0.351. The Kier molecular flexibility index (Phi) is 4.36. The third-order valence-electron chi connectivity index (χ3n) is 3.90. The highest BCUT2D eigenvalue weighted by molar-refractivity contribution is 7.80. The van der Waals surface area contributed by atoms with Crippen molar-refractivity contribution in [1.82, 2.24) is 25.2 Å². The van der Waals surface area contributed by atoms with Crippen LogP contribution in [0.4, 0.5) is 4.79 Å². The van der Waals surface area contributed by atoms with Crippen LogP contribution in [-0.4, -0.2) is 69.3 Å². The van der Waals surface area contributed by atoms with E-state index in [1.54, 1.807) is 0 Å². The summed E-state index contributed by atoms with van der Waals surface area (Å²) in [5, 5.41) is 11.0. The molecule has 0 saturated carbocycles. The SMILES string of the molecule is N=C(NC(=O)c1cncnc1)[C@@H]1CC[C@@H]2CN1C(=O)N2OS(=O)(=O)O. The smallest absolute Gasteiger partial charge is 0.310 e. The number of urea groups is 1. The number of amidine groups is 1.